The van der Waals surface area contributed by atoms with E-state index in [0.29, 0.717) is 12.4 Å². The molecular weight excluding hydrogens is 248 g/mol. The molecule has 4 fully saturated rings. The first kappa shape index (κ1) is 12.6. The minimum Gasteiger partial charge on any atom is -0.384 e. The molecule has 1 heterocycles. The molecule has 4 N–H and O–H groups in total. The molecule has 0 aliphatic heterocycles. The second-order valence-electron chi connectivity index (χ2n) is 7.34. The molecule has 0 unspecified atom stereocenters. The van der Waals surface area contributed by atoms with Crippen molar-refractivity contribution in [2.24, 2.45) is 23.5 Å². The van der Waals surface area contributed by atoms with Crippen LogP contribution in [0.25, 0.3) is 0 Å². The highest BCUT2D eigenvalue weighted by atomic mass is 15.0. The van der Waals surface area contributed by atoms with E-state index in [0.717, 1.165) is 35.7 Å². The highest BCUT2D eigenvalue weighted by molar-refractivity contribution is 5.33. The summed E-state index contributed by atoms with van der Waals surface area (Å²) in [5.41, 5.74) is 12.9. The Morgan fingerprint density at radius 2 is 1.65 bits per heavy atom. The van der Waals surface area contributed by atoms with Crippen LogP contribution in [0.15, 0.2) is 6.07 Å². The molecule has 4 nitrogen and oxygen atoms in total. The molecule has 4 bridgehead atoms. The van der Waals surface area contributed by atoms with Gasteiger partial charge < -0.3 is 11.5 Å². The molecule has 0 saturated heterocycles. The SMILES string of the molecule is NCCc1cc(N)nc(C23CC4CC(CC(C4)C2)C3)n1. The van der Waals surface area contributed by atoms with Crippen LogP contribution in [-0.2, 0) is 11.8 Å². The predicted octanol–water partition coefficient (Wildman–Crippen LogP) is 2.03. The summed E-state index contributed by atoms with van der Waals surface area (Å²) in [6, 6.07) is 1.89. The summed E-state index contributed by atoms with van der Waals surface area (Å²) < 4.78 is 0. The third kappa shape index (κ3) is 1.93. The summed E-state index contributed by atoms with van der Waals surface area (Å²) in [7, 11) is 0. The molecule has 4 saturated carbocycles. The lowest BCUT2D eigenvalue weighted by Gasteiger charge is -2.56. The molecular formula is C16H24N4. The molecule has 20 heavy (non-hydrogen) atoms. The van der Waals surface area contributed by atoms with E-state index >= 15 is 0 Å². The van der Waals surface area contributed by atoms with Crippen LogP contribution >= 0.6 is 0 Å². The van der Waals surface area contributed by atoms with Crippen molar-refractivity contribution in [2.45, 2.75) is 50.4 Å². The zero-order chi connectivity index (χ0) is 13.7. The van der Waals surface area contributed by atoms with Crippen molar-refractivity contribution in [1.29, 1.82) is 0 Å². The smallest absolute Gasteiger partial charge is 0.137 e. The number of nitrogens with two attached hydrogens (primary N) is 2. The van der Waals surface area contributed by atoms with Gasteiger partial charge in [-0.25, -0.2) is 9.97 Å². The Morgan fingerprint density at radius 1 is 1.05 bits per heavy atom. The van der Waals surface area contributed by atoms with E-state index in [2.05, 4.69) is 4.98 Å². The van der Waals surface area contributed by atoms with Gasteiger partial charge in [0, 0.05) is 23.6 Å². The third-order valence-electron chi connectivity index (χ3n) is 5.71. The maximum Gasteiger partial charge on any atom is 0.137 e. The van der Waals surface area contributed by atoms with Crippen LogP contribution in [0, 0.1) is 17.8 Å². The minimum absolute atomic E-state index is 0.230. The highest BCUT2D eigenvalue weighted by Crippen LogP contribution is 2.60. The van der Waals surface area contributed by atoms with Crippen molar-refractivity contribution in [2.75, 3.05) is 12.3 Å². The first-order chi connectivity index (χ1) is 9.67. The Balaban J connectivity index is 1.73. The van der Waals surface area contributed by atoms with E-state index in [4.69, 9.17) is 16.5 Å². The third-order valence-corrected chi connectivity index (χ3v) is 5.71. The van der Waals surface area contributed by atoms with Gasteiger partial charge in [0.25, 0.3) is 0 Å². The molecule has 0 atom stereocenters. The van der Waals surface area contributed by atoms with E-state index < -0.39 is 0 Å². The van der Waals surface area contributed by atoms with Gasteiger partial charge in [-0.3, -0.25) is 0 Å². The second-order valence-corrected chi connectivity index (χ2v) is 7.34. The average molecular weight is 272 g/mol. The normalized spacial score (nSPS) is 38.4. The number of hydrogen-bond donors (Lipinski definition) is 2. The van der Waals surface area contributed by atoms with Gasteiger partial charge in [-0.05, 0) is 62.8 Å². The molecule has 4 heteroatoms. The monoisotopic (exact) mass is 272 g/mol. The first-order valence-electron chi connectivity index (χ1n) is 8.01. The average Bonchev–Trinajstić information content (AvgIpc) is 2.36. The summed E-state index contributed by atoms with van der Waals surface area (Å²) >= 11 is 0. The fourth-order valence-electron chi connectivity index (χ4n) is 5.42. The fourth-order valence-corrected chi connectivity index (χ4v) is 5.42. The van der Waals surface area contributed by atoms with Crippen LogP contribution in [0.2, 0.25) is 0 Å². The quantitative estimate of drug-likeness (QED) is 0.882. The fraction of sp³-hybridized carbons (Fsp3) is 0.750. The molecule has 5 rings (SSSR count). The Hall–Kier alpha value is -1.16. The lowest BCUT2D eigenvalue weighted by atomic mass is 9.49. The van der Waals surface area contributed by atoms with Gasteiger partial charge >= 0.3 is 0 Å². The van der Waals surface area contributed by atoms with E-state index in [-0.39, 0.29) is 5.41 Å². The maximum absolute atomic E-state index is 6.02. The van der Waals surface area contributed by atoms with Gasteiger partial charge in [-0.15, -0.1) is 0 Å². The van der Waals surface area contributed by atoms with Crippen molar-refractivity contribution >= 4 is 5.82 Å². The molecule has 1 aromatic heterocycles. The van der Waals surface area contributed by atoms with E-state index in [9.17, 15) is 0 Å². The van der Waals surface area contributed by atoms with Crippen LogP contribution in [0.5, 0.6) is 0 Å². The second kappa shape index (κ2) is 4.42. The van der Waals surface area contributed by atoms with E-state index in [1.54, 1.807) is 0 Å². The summed E-state index contributed by atoms with van der Waals surface area (Å²) in [5.74, 6) is 4.37. The number of nitrogens with zero attached hydrogens (tertiary/aromatic N) is 2. The van der Waals surface area contributed by atoms with E-state index in [1.807, 2.05) is 6.07 Å². The van der Waals surface area contributed by atoms with Gasteiger partial charge in [0.05, 0.1) is 0 Å². The zero-order valence-electron chi connectivity index (χ0n) is 12.0. The lowest BCUT2D eigenvalue weighted by molar-refractivity contribution is -0.00942. The number of anilines is 1. The highest BCUT2D eigenvalue weighted by Gasteiger charge is 2.53. The molecule has 4 aliphatic rings. The lowest BCUT2D eigenvalue weighted by Crippen LogP contribution is -2.49. The first-order valence-corrected chi connectivity index (χ1v) is 8.01. The van der Waals surface area contributed by atoms with Gasteiger partial charge in [-0.1, -0.05) is 0 Å². The van der Waals surface area contributed by atoms with Crippen molar-refractivity contribution < 1.29 is 0 Å². The topological polar surface area (TPSA) is 77.8 Å². The molecule has 0 amide bonds. The van der Waals surface area contributed by atoms with Gasteiger partial charge in [0.1, 0.15) is 11.6 Å². The van der Waals surface area contributed by atoms with Gasteiger partial charge in [0.2, 0.25) is 0 Å². The number of nitrogen functional groups attached to an aromatic ring is 1. The van der Waals surface area contributed by atoms with Crippen LogP contribution < -0.4 is 11.5 Å². The zero-order valence-corrected chi connectivity index (χ0v) is 12.0. The van der Waals surface area contributed by atoms with Gasteiger partial charge in [-0.2, -0.15) is 0 Å². The van der Waals surface area contributed by atoms with Crippen molar-refractivity contribution in [3.05, 3.63) is 17.6 Å². The summed E-state index contributed by atoms with van der Waals surface area (Å²) in [6.07, 6.45) is 8.97. The van der Waals surface area contributed by atoms with Crippen molar-refractivity contribution in [1.82, 2.24) is 9.97 Å². The Bertz CT molecular complexity index is 490. The molecule has 1 aromatic rings. The molecule has 0 radical (unpaired) electrons. The van der Waals surface area contributed by atoms with Crippen LogP contribution in [0.3, 0.4) is 0 Å². The number of rotatable bonds is 3. The van der Waals surface area contributed by atoms with Crippen molar-refractivity contribution in [3.8, 4) is 0 Å². The minimum atomic E-state index is 0.230. The molecule has 108 valence electrons. The predicted molar refractivity (Wildman–Crippen MR) is 79.1 cm³/mol. The standard InChI is InChI=1S/C16H24N4/c17-2-1-13-6-14(18)20-15(19-13)16-7-10-3-11(8-16)5-12(4-10)9-16/h6,10-12H,1-5,7-9,17H2,(H2,18,19,20). The largest absolute Gasteiger partial charge is 0.384 e. The van der Waals surface area contributed by atoms with Crippen LogP contribution in [0.4, 0.5) is 5.82 Å². The Kier molecular flexibility index (Phi) is 2.78. The van der Waals surface area contributed by atoms with Crippen molar-refractivity contribution in [3.63, 3.8) is 0 Å². The molecule has 0 aromatic carbocycles. The molecule has 4 aliphatic carbocycles. The summed E-state index contributed by atoms with van der Waals surface area (Å²) in [4.78, 5) is 9.47. The van der Waals surface area contributed by atoms with Crippen LogP contribution in [-0.4, -0.2) is 16.5 Å². The summed E-state index contributed by atoms with van der Waals surface area (Å²) in [5, 5.41) is 0. The maximum atomic E-state index is 6.02. The number of aromatic nitrogens is 2. The molecule has 0 spiro atoms. The Labute approximate surface area is 120 Å². The van der Waals surface area contributed by atoms with Gasteiger partial charge in [0.15, 0.2) is 0 Å². The van der Waals surface area contributed by atoms with Crippen LogP contribution in [0.1, 0.15) is 50.0 Å². The van der Waals surface area contributed by atoms with E-state index in [1.165, 1.54) is 38.5 Å². The Morgan fingerprint density at radius 3 is 2.20 bits per heavy atom. The number of hydrogen-bond acceptors (Lipinski definition) is 4. The summed E-state index contributed by atoms with van der Waals surface area (Å²) in [6.45, 7) is 0.622.